The highest BCUT2D eigenvalue weighted by Gasteiger charge is 2.19. The predicted octanol–water partition coefficient (Wildman–Crippen LogP) is 3.51. The molecular formula is C22H26N6. The van der Waals surface area contributed by atoms with Crippen molar-refractivity contribution in [3.63, 3.8) is 0 Å². The second-order valence-electron chi connectivity index (χ2n) is 7.76. The molecule has 0 atom stereocenters. The molecule has 1 aliphatic rings. The summed E-state index contributed by atoms with van der Waals surface area (Å²) in [5.41, 5.74) is 6.92. The number of aromatic nitrogens is 4. The van der Waals surface area contributed by atoms with E-state index in [0.29, 0.717) is 6.04 Å². The maximum absolute atomic E-state index is 4.48. The van der Waals surface area contributed by atoms with Crippen molar-refractivity contribution in [2.24, 2.45) is 0 Å². The van der Waals surface area contributed by atoms with E-state index in [4.69, 9.17) is 0 Å². The Labute approximate surface area is 164 Å². The van der Waals surface area contributed by atoms with Crippen LogP contribution in [0.5, 0.6) is 0 Å². The van der Waals surface area contributed by atoms with Crippen LogP contribution in [-0.4, -0.2) is 38.3 Å². The maximum Gasteiger partial charge on any atom is 0.184 e. The summed E-state index contributed by atoms with van der Waals surface area (Å²) in [6, 6.07) is 15.6. The molecular weight excluding hydrogens is 348 g/mol. The summed E-state index contributed by atoms with van der Waals surface area (Å²) in [4.78, 5) is 0. The minimum absolute atomic E-state index is 0.470. The first-order valence-corrected chi connectivity index (χ1v) is 10.1. The van der Waals surface area contributed by atoms with Crippen LogP contribution in [0, 0.1) is 13.8 Å². The molecule has 4 aromatic rings. The largest absolute Gasteiger partial charge is 0.379 e. The second kappa shape index (κ2) is 6.95. The maximum atomic E-state index is 4.48. The van der Waals surface area contributed by atoms with E-state index in [9.17, 15) is 0 Å². The van der Waals surface area contributed by atoms with E-state index in [1.54, 1.807) is 0 Å². The van der Waals surface area contributed by atoms with E-state index in [1.165, 1.54) is 22.3 Å². The molecule has 6 nitrogen and oxygen atoms in total. The first-order chi connectivity index (χ1) is 13.7. The number of rotatable bonds is 4. The van der Waals surface area contributed by atoms with Crippen molar-refractivity contribution < 1.29 is 0 Å². The zero-order chi connectivity index (χ0) is 19.1. The molecule has 0 saturated carbocycles. The first kappa shape index (κ1) is 17.3. The first-order valence-electron chi connectivity index (χ1n) is 10.1. The lowest BCUT2D eigenvalue weighted by molar-refractivity contribution is 0.479. The van der Waals surface area contributed by atoms with Gasteiger partial charge in [0.05, 0.1) is 16.7 Å². The molecule has 0 radical (unpaired) electrons. The van der Waals surface area contributed by atoms with Crippen molar-refractivity contribution >= 4 is 22.4 Å². The molecule has 0 unspecified atom stereocenters. The topological polar surface area (TPSA) is 59.2 Å². The molecule has 0 spiro atoms. The van der Waals surface area contributed by atoms with Crippen molar-refractivity contribution in [1.82, 2.24) is 24.5 Å². The van der Waals surface area contributed by atoms with Gasteiger partial charge in [0.1, 0.15) is 5.82 Å². The molecule has 6 heteroatoms. The van der Waals surface area contributed by atoms with E-state index in [0.717, 1.165) is 49.6 Å². The average molecular weight is 374 g/mol. The highest BCUT2D eigenvalue weighted by Crippen LogP contribution is 2.29. The lowest BCUT2D eigenvalue weighted by Crippen LogP contribution is -2.35. The van der Waals surface area contributed by atoms with Gasteiger partial charge in [0.25, 0.3) is 0 Å². The van der Waals surface area contributed by atoms with Crippen molar-refractivity contribution in [3.05, 3.63) is 59.5 Å². The third kappa shape index (κ3) is 2.94. The predicted molar refractivity (Wildman–Crippen MR) is 113 cm³/mol. The van der Waals surface area contributed by atoms with Crippen LogP contribution >= 0.6 is 0 Å². The minimum atomic E-state index is 0.470. The van der Waals surface area contributed by atoms with Crippen molar-refractivity contribution in [3.8, 4) is 0 Å². The Balaban J connectivity index is 1.65. The van der Waals surface area contributed by atoms with E-state index in [-0.39, 0.29) is 0 Å². The number of pyridine rings is 1. The number of hydrogen-bond acceptors (Lipinski definition) is 4. The SMILES string of the molecule is Cc1cc2c(cc(NC3CCNCC3)c3nnc(C)n32)n1Cc1ccccc1. The third-order valence-electron chi connectivity index (χ3n) is 5.79. The van der Waals surface area contributed by atoms with Crippen LogP contribution in [0.3, 0.4) is 0 Å². The lowest BCUT2D eigenvalue weighted by Gasteiger charge is -2.25. The fourth-order valence-corrected chi connectivity index (χ4v) is 4.30. The van der Waals surface area contributed by atoms with E-state index >= 15 is 0 Å². The fourth-order valence-electron chi connectivity index (χ4n) is 4.30. The molecule has 0 amide bonds. The summed E-state index contributed by atoms with van der Waals surface area (Å²) in [5.74, 6) is 0.922. The second-order valence-corrected chi connectivity index (χ2v) is 7.76. The molecule has 0 bridgehead atoms. The number of piperidine rings is 1. The summed E-state index contributed by atoms with van der Waals surface area (Å²) < 4.78 is 4.57. The van der Waals surface area contributed by atoms with Gasteiger partial charge in [-0.1, -0.05) is 30.3 Å². The highest BCUT2D eigenvalue weighted by atomic mass is 15.3. The summed E-state index contributed by atoms with van der Waals surface area (Å²) >= 11 is 0. The van der Waals surface area contributed by atoms with Crippen molar-refractivity contribution in [1.29, 1.82) is 0 Å². The van der Waals surface area contributed by atoms with Crippen LogP contribution in [0.2, 0.25) is 0 Å². The Morgan fingerprint density at radius 2 is 1.82 bits per heavy atom. The Kier molecular flexibility index (Phi) is 4.28. The average Bonchev–Trinajstić information content (AvgIpc) is 3.25. The Morgan fingerprint density at radius 1 is 1.04 bits per heavy atom. The molecule has 3 aromatic heterocycles. The molecule has 0 aliphatic carbocycles. The lowest BCUT2D eigenvalue weighted by atomic mass is 10.1. The van der Waals surface area contributed by atoms with E-state index in [2.05, 4.69) is 79.2 Å². The highest BCUT2D eigenvalue weighted by molar-refractivity contribution is 5.88. The number of nitrogens with zero attached hydrogens (tertiary/aromatic N) is 4. The number of aryl methyl sites for hydroxylation is 2. The van der Waals surface area contributed by atoms with Gasteiger partial charge in [0, 0.05) is 18.3 Å². The van der Waals surface area contributed by atoms with Crippen molar-refractivity contribution in [2.45, 2.75) is 39.3 Å². The number of benzene rings is 1. The van der Waals surface area contributed by atoms with Gasteiger partial charge in [-0.25, -0.2) is 0 Å². The Bertz CT molecular complexity index is 1120. The number of fused-ring (bicyclic) bond motifs is 3. The molecule has 28 heavy (non-hydrogen) atoms. The molecule has 2 N–H and O–H groups in total. The van der Waals surface area contributed by atoms with Gasteiger partial charge in [-0.3, -0.25) is 4.40 Å². The van der Waals surface area contributed by atoms with Gasteiger partial charge < -0.3 is 15.2 Å². The number of hydrogen-bond donors (Lipinski definition) is 2. The van der Waals surface area contributed by atoms with Crippen LogP contribution in [0.1, 0.15) is 29.9 Å². The van der Waals surface area contributed by atoms with Crippen molar-refractivity contribution in [2.75, 3.05) is 18.4 Å². The van der Waals surface area contributed by atoms with Crippen LogP contribution in [-0.2, 0) is 6.54 Å². The molecule has 1 aliphatic heterocycles. The summed E-state index contributed by atoms with van der Waals surface area (Å²) in [7, 11) is 0. The molecule has 1 saturated heterocycles. The molecule has 1 aromatic carbocycles. The normalized spacial score (nSPS) is 15.5. The van der Waals surface area contributed by atoms with Gasteiger partial charge in [-0.2, -0.15) is 0 Å². The zero-order valence-electron chi connectivity index (χ0n) is 16.4. The zero-order valence-corrected chi connectivity index (χ0v) is 16.4. The van der Waals surface area contributed by atoms with Crippen LogP contribution < -0.4 is 10.6 Å². The molecule has 4 heterocycles. The minimum Gasteiger partial charge on any atom is -0.379 e. The van der Waals surface area contributed by atoms with Crippen LogP contribution in [0.25, 0.3) is 16.7 Å². The molecule has 1 fully saturated rings. The standard InChI is InChI=1S/C22H26N6/c1-15-12-21-20(27(15)14-17-6-4-3-5-7-17)13-19(22-26-25-16(2)28(21)22)24-18-8-10-23-11-9-18/h3-7,12-13,18,23-24H,8-11,14H2,1-2H3. The Hall–Kier alpha value is -2.86. The van der Waals surface area contributed by atoms with Gasteiger partial charge in [0.2, 0.25) is 0 Å². The fraction of sp³-hybridized carbons (Fsp3) is 0.364. The monoisotopic (exact) mass is 374 g/mol. The van der Waals surface area contributed by atoms with Gasteiger partial charge in [-0.15, -0.1) is 10.2 Å². The summed E-state index contributed by atoms with van der Waals surface area (Å²) in [6.45, 7) is 7.18. The molecule has 5 rings (SSSR count). The number of anilines is 1. The third-order valence-corrected chi connectivity index (χ3v) is 5.79. The van der Waals surface area contributed by atoms with Gasteiger partial charge >= 0.3 is 0 Å². The van der Waals surface area contributed by atoms with Crippen LogP contribution in [0.4, 0.5) is 5.69 Å². The summed E-state index contributed by atoms with van der Waals surface area (Å²) in [6.07, 6.45) is 2.25. The van der Waals surface area contributed by atoms with E-state index in [1.807, 2.05) is 6.92 Å². The van der Waals surface area contributed by atoms with Crippen LogP contribution in [0.15, 0.2) is 42.5 Å². The Morgan fingerprint density at radius 3 is 2.61 bits per heavy atom. The van der Waals surface area contributed by atoms with Gasteiger partial charge in [-0.05, 0) is 57.5 Å². The quantitative estimate of drug-likeness (QED) is 0.574. The van der Waals surface area contributed by atoms with E-state index < -0.39 is 0 Å². The number of nitrogens with one attached hydrogen (secondary N) is 2. The molecule has 144 valence electrons. The summed E-state index contributed by atoms with van der Waals surface area (Å²) in [5, 5.41) is 16.0. The smallest absolute Gasteiger partial charge is 0.184 e. The van der Waals surface area contributed by atoms with Gasteiger partial charge in [0.15, 0.2) is 5.65 Å².